The highest BCUT2D eigenvalue weighted by molar-refractivity contribution is 6.30. The molecule has 0 bridgehead atoms. The first kappa shape index (κ1) is 9.98. The highest BCUT2D eigenvalue weighted by Crippen LogP contribution is 2.12. The van der Waals surface area contributed by atoms with Gasteiger partial charge in [0.25, 0.3) is 5.95 Å². The number of carboxylic acids is 1. The molecule has 1 N–H and O–H groups in total. The van der Waals surface area contributed by atoms with Crippen LogP contribution in [0.25, 0.3) is 0 Å². The molecule has 0 aliphatic carbocycles. The SMILES string of the molecule is CC(Cn1cc(Cl)c(F)n1)C(=O)O. The molecule has 4 nitrogen and oxygen atoms in total. The Morgan fingerprint density at radius 2 is 2.54 bits per heavy atom. The molecule has 1 rings (SSSR count). The highest BCUT2D eigenvalue weighted by atomic mass is 35.5. The third-order valence-electron chi connectivity index (χ3n) is 1.56. The fraction of sp³-hybridized carbons (Fsp3) is 0.429. The summed E-state index contributed by atoms with van der Waals surface area (Å²) in [5.74, 6) is -2.35. The van der Waals surface area contributed by atoms with Gasteiger partial charge in [-0.15, -0.1) is 5.10 Å². The van der Waals surface area contributed by atoms with E-state index in [1.807, 2.05) is 0 Å². The smallest absolute Gasteiger partial charge is 0.308 e. The zero-order chi connectivity index (χ0) is 10.0. The molecule has 72 valence electrons. The van der Waals surface area contributed by atoms with E-state index in [0.717, 1.165) is 0 Å². The summed E-state index contributed by atoms with van der Waals surface area (Å²) in [5.41, 5.74) is 0. The number of hydrogen-bond donors (Lipinski definition) is 1. The fourth-order valence-corrected chi connectivity index (χ4v) is 0.976. The molecule has 1 aromatic rings. The van der Waals surface area contributed by atoms with Crippen LogP contribution in [0.3, 0.4) is 0 Å². The van der Waals surface area contributed by atoms with Crippen LogP contribution in [-0.4, -0.2) is 20.9 Å². The minimum Gasteiger partial charge on any atom is -0.481 e. The lowest BCUT2D eigenvalue weighted by Gasteiger charge is -2.04. The van der Waals surface area contributed by atoms with Crippen molar-refractivity contribution in [3.8, 4) is 0 Å². The lowest BCUT2D eigenvalue weighted by molar-refractivity contribution is -0.141. The van der Waals surface area contributed by atoms with Crippen molar-refractivity contribution in [2.75, 3.05) is 0 Å². The van der Waals surface area contributed by atoms with Crippen molar-refractivity contribution in [3.63, 3.8) is 0 Å². The van der Waals surface area contributed by atoms with Crippen molar-refractivity contribution in [3.05, 3.63) is 17.2 Å². The van der Waals surface area contributed by atoms with Gasteiger partial charge >= 0.3 is 5.97 Å². The van der Waals surface area contributed by atoms with Gasteiger partial charge in [0.1, 0.15) is 5.02 Å². The first-order chi connectivity index (χ1) is 6.00. The zero-order valence-electron chi connectivity index (χ0n) is 6.87. The Hall–Kier alpha value is -1.10. The number of rotatable bonds is 3. The summed E-state index contributed by atoms with van der Waals surface area (Å²) in [6, 6.07) is 0. The molecule has 1 atom stereocenters. The molecule has 0 spiro atoms. The Balaban J connectivity index is 2.69. The van der Waals surface area contributed by atoms with Gasteiger partial charge in [0, 0.05) is 6.20 Å². The first-order valence-electron chi connectivity index (χ1n) is 3.62. The molecule has 0 saturated carbocycles. The minimum atomic E-state index is -0.952. The third kappa shape index (κ3) is 2.42. The summed E-state index contributed by atoms with van der Waals surface area (Å²) in [6.07, 6.45) is 1.26. The second-order valence-electron chi connectivity index (χ2n) is 2.73. The van der Waals surface area contributed by atoms with Crippen molar-refractivity contribution in [2.24, 2.45) is 5.92 Å². The second kappa shape index (κ2) is 3.74. The lowest BCUT2D eigenvalue weighted by Crippen LogP contribution is -2.17. The molecular weight excluding hydrogens is 199 g/mol. The van der Waals surface area contributed by atoms with E-state index < -0.39 is 17.8 Å². The zero-order valence-corrected chi connectivity index (χ0v) is 7.62. The number of aromatic nitrogens is 2. The molecule has 0 radical (unpaired) electrons. The molecule has 6 heteroatoms. The Morgan fingerprint density at radius 1 is 1.92 bits per heavy atom. The van der Waals surface area contributed by atoms with E-state index in [4.69, 9.17) is 16.7 Å². The maximum atomic E-state index is 12.6. The third-order valence-corrected chi connectivity index (χ3v) is 1.81. The van der Waals surface area contributed by atoms with Crippen molar-refractivity contribution in [1.82, 2.24) is 9.78 Å². The number of nitrogens with zero attached hydrogens (tertiary/aromatic N) is 2. The molecule has 0 aromatic carbocycles. The summed E-state index contributed by atoms with van der Waals surface area (Å²) in [7, 11) is 0. The standard InChI is InChI=1S/C7H8ClFN2O2/c1-4(7(12)13)2-11-3-5(8)6(9)10-11/h3-4H,2H2,1H3,(H,12,13). The van der Waals surface area contributed by atoms with Gasteiger partial charge in [-0.3, -0.25) is 9.48 Å². The predicted molar refractivity (Wildman–Crippen MR) is 44.0 cm³/mol. The van der Waals surface area contributed by atoms with E-state index >= 15 is 0 Å². The largest absolute Gasteiger partial charge is 0.481 e. The van der Waals surface area contributed by atoms with Gasteiger partial charge in [-0.25, -0.2) is 0 Å². The maximum absolute atomic E-state index is 12.6. The lowest BCUT2D eigenvalue weighted by atomic mass is 10.2. The van der Waals surface area contributed by atoms with Crippen LogP contribution in [0.2, 0.25) is 5.02 Å². The van der Waals surface area contributed by atoms with Crippen LogP contribution in [0, 0.1) is 11.9 Å². The summed E-state index contributed by atoms with van der Waals surface area (Å²) < 4.78 is 13.8. The van der Waals surface area contributed by atoms with E-state index in [1.54, 1.807) is 0 Å². The van der Waals surface area contributed by atoms with Crippen molar-refractivity contribution in [2.45, 2.75) is 13.5 Å². The van der Waals surface area contributed by atoms with Gasteiger partial charge in [0.15, 0.2) is 0 Å². The van der Waals surface area contributed by atoms with Crippen LogP contribution in [0.4, 0.5) is 4.39 Å². The molecular formula is C7H8ClFN2O2. The second-order valence-corrected chi connectivity index (χ2v) is 3.14. The molecule has 13 heavy (non-hydrogen) atoms. The van der Waals surface area contributed by atoms with Gasteiger partial charge in [0.2, 0.25) is 0 Å². The predicted octanol–water partition coefficient (Wildman–Crippen LogP) is 1.40. The van der Waals surface area contributed by atoms with Crippen LogP contribution < -0.4 is 0 Å². The first-order valence-corrected chi connectivity index (χ1v) is 3.99. The normalized spacial score (nSPS) is 12.8. The molecule has 0 saturated heterocycles. The number of carboxylic acid groups (broad SMARTS) is 1. The van der Waals surface area contributed by atoms with Gasteiger partial charge < -0.3 is 5.11 Å². The highest BCUT2D eigenvalue weighted by Gasteiger charge is 2.13. The maximum Gasteiger partial charge on any atom is 0.308 e. The topological polar surface area (TPSA) is 55.1 Å². The van der Waals surface area contributed by atoms with Crippen molar-refractivity contribution >= 4 is 17.6 Å². The average Bonchev–Trinajstić information content (AvgIpc) is 2.31. The van der Waals surface area contributed by atoms with E-state index in [0.29, 0.717) is 0 Å². The molecule has 1 aromatic heterocycles. The quantitative estimate of drug-likeness (QED) is 0.813. The van der Waals surface area contributed by atoms with Crippen LogP contribution >= 0.6 is 11.6 Å². The van der Waals surface area contributed by atoms with Gasteiger partial charge in [-0.2, -0.15) is 4.39 Å². The Morgan fingerprint density at radius 3 is 2.92 bits per heavy atom. The van der Waals surface area contributed by atoms with Crippen LogP contribution in [0.1, 0.15) is 6.92 Å². The summed E-state index contributed by atoms with van der Waals surface area (Å²) in [5, 5.41) is 11.8. The van der Waals surface area contributed by atoms with E-state index in [1.165, 1.54) is 17.8 Å². The van der Waals surface area contributed by atoms with Crippen LogP contribution in [0.5, 0.6) is 0 Å². The fourth-order valence-electron chi connectivity index (χ4n) is 0.826. The number of halogens is 2. The number of carbonyl (C=O) groups is 1. The molecule has 0 aliphatic heterocycles. The Bertz CT molecular complexity index is 307. The Labute approximate surface area is 78.9 Å². The summed E-state index contributed by atoms with van der Waals surface area (Å²) in [4.78, 5) is 10.4. The van der Waals surface area contributed by atoms with Gasteiger partial charge in [-0.05, 0) is 0 Å². The molecule has 0 fully saturated rings. The van der Waals surface area contributed by atoms with Gasteiger partial charge in [0.05, 0.1) is 12.5 Å². The van der Waals surface area contributed by atoms with E-state index in [2.05, 4.69) is 5.10 Å². The average molecular weight is 207 g/mol. The van der Waals surface area contributed by atoms with E-state index in [-0.39, 0.29) is 11.6 Å². The number of aliphatic carboxylic acids is 1. The molecule has 0 aliphatic rings. The number of hydrogen-bond acceptors (Lipinski definition) is 2. The molecule has 1 heterocycles. The van der Waals surface area contributed by atoms with Crippen LogP contribution in [-0.2, 0) is 11.3 Å². The summed E-state index contributed by atoms with van der Waals surface area (Å²) >= 11 is 5.39. The van der Waals surface area contributed by atoms with Crippen molar-refractivity contribution < 1.29 is 14.3 Å². The van der Waals surface area contributed by atoms with E-state index in [9.17, 15) is 9.18 Å². The van der Waals surface area contributed by atoms with Gasteiger partial charge in [-0.1, -0.05) is 18.5 Å². The minimum absolute atomic E-state index is 0.0995. The Kier molecular flexibility index (Phi) is 2.87. The molecule has 0 amide bonds. The summed E-state index contributed by atoms with van der Waals surface area (Å²) in [6.45, 7) is 1.62. The van der Waals surface area contributed by atoms with Crippen LogP contribution in [0.15, 0.2) is 6.20 Å². The molecule has 1 unspecified atom stereocenters. The monoisotopic (exact) mass is 206 g/mol. The van der Waals surface area contributed by atoms with Crippen molar-refractivity contribution in [1.29, 1.82) is 0 Å².